The van der Waals surface area contributed by atoms with Crippen LogP contribution >= 0.6 is 0 Å². The Balaban J connectivity index is 1.02. The number of hydrogen-bond donors (Lipinski definition) is 0. The van der Waals surface area contributed by atoms with E-state index in [-0.39, 0.29) is 0 Å². The number of para-hydroxylation sites is 2. The molecule has 0 spiro atoms. The fourth-order valence-electron chi connectivity index (χ4n) is 8.50. The number of benzene rings is 9. The Kier molecular flexibility index (Phi) is 7.48. The molecule has 2 aromatic heterocycles. The minimum Gasteiger partial charge on any atom is -0.456 e. The summed E-state index contributed by atoms with van der Waals surface area (Å²) < 4.78 is 13.4. The molecule has 0 amide bonds. The third-order valence-electron chi connectivity index (χ3n) is 11.4. The Labute approximate surface area is 330 Å². The second kappa shape index (κ2) is 12.9. The highest BCUT2D eigenvalue weighted by molar-refractivity contribution is 6.20. The van der Waals surface area contributed by atoms with Gasteiger partial charge < -0.3 is 18.6 Å². The van der Waals surface area contributed by atoms with E-state index in [9.17, 15) is 0 Å². The molecule has 9 aromatic carbocycles. The Morgan fingerprint density at radius 2 is 0.702 bits per heavy atom. The van der Waals surface area contributed by atoms with Crippen LogP contribution in [0, 0.1) is 20.8 Å². The van der Waals surface area contributed by atoms with Crippen LogP contribution in [0.5, 0.6) is 0 Å². The molecule has 0 saturated carbocycles. The maximum atomic E-state index is 6.71. The van der Waals surface area contributed by atoms with Gasteiger partial charge in [-0.05, 0) is 145 Å². The predicted molar refractivity (Wildman–Crippen MR) is 240 cm³/mol. The number of anilines is 6. The smallest absolute Gasteiger partial charge is 0.142 e. The Morgan fingerprint density at radius 1 is 0.316 bits per heavy atom. The van der Waals surface area contributed by atoms with Crippen molar-refractivity contribution in [2.75, 3.05) is 9.80 Å². The molecule has 0 N–H and O–H groups in total. The summed E-state index contributed by atoms with van der Waals surface area (Å²) >= 11 is 0. The zero-order chi connectivity index (χ0) is 38.2. The van der Waals surface area contributed by atoms with Crippen LogP contribution in [0.2, 0.25) is 0 Å². The van der Waals surface area contributed by atoms with Gasteiger partial charge in [-0.1, -0.05) is 83.9 Å². The van der Waals surface area contributed by atoms with Crippen LogP contribution in [0.3, 0.4) is 0 Å². The number of furan rings is 2. The van der Waals surface area contributed by atoms with E-state index < -0.39 is 0 Å². The quantitative estimate of drug-likeness (QED) is 0.170. The Hall–Kier alpha value is -7.30. The van der Waals surface area contributed by atoms with Crippen molar-refractivity contribution in [3.05, 3.63) is 193 Å². The van der Waals surface area contributed by atoms with Crippen molar-refractivity contribution < 1.29 is 8.83 Å². The van der Waals surface area contributed by atoms with Gasteiger partial charge in [0.05, 0.1) is 0 Å². The molecule has 57 heavy (non-hydrogen) atoms. The second-order valence-electron chi connectivity index (χ2n) is 15.2. The molecule has 0 unspecified atom stereocenters. The van der Waals surface area contributed by atoms with E-state index in [0.29, 0.717) is 0 Å². The average Bonchev–Trinajstić information content (AvgIpc) is 3.79. The lowest BCUT2D eigenvalue weighted by Gasteiger charge is -2.26. The van der Waals surface area contributed by atoms with E-state index in [0.717, 1.165) is 105 Å². The van der Waals surface area contributed by atoms with Crippen molar-refractivity contribution in [1.82, 2.24) is 0 Å². The van der Waals surface area contributed by atoms with E-state index in [4.69, 9.17) is 8.83 Å². The van der Waals surface area contributed by atoms with Gasteiger partial charge in [0.25, 0.3) is 0 Å². The molecular formula is C53H38N2O2. The lowest BCUT2D eigenvalue weighted by molar-refractivity contribution is 0.651. The Bertz CT molecular complexity index is 3090. The molecule has 0 atom stereocenters. The number of fused-ring (bicyclic) bond motifs is 8. The third kappa shape index (κ3) is 5.52. The fourth-order valence-corrected chi connectivity index (χ4v) is 8.50. The topological polar surface area (TPSA) is 32.8 Å². The molecule has 2 heterocycles. The molecule has 0 bridgehead atoms. The summed E-state index contributed by atoms with van der Waals surface area (Å²) in [5.41, 5.74) is 13.6. The highest BCUT2D eigenvalue weighted by Crippen LogP contribution is 2.44. The van der Waals surface area contributed by atoms with Crippen molar-refractivity contribution in [3.63, 3.8) is 0 Å². The van der Waals surface area contributed by atoms with Gasteiger partial charge in [0.1, 0.15) is 22.3 Å². The van der Waals surface area contributed by atoms with Crippen molar-refractivity contribution in [1.29, 1.82) is 0 Å². The lowest BCUT2D eigenvalue weighted by atomic mass is 10.0. The molecule has 0 aliphatic carbocycles. The van der Waals surface area contributed by atoms with E-state index in [2.05, 4.69) is 206 Å². The van der Waals surface area contributed by atoms with Crippen molar-refractivity contribution >= 4 is 99.5 Å². The molecule has 4 nitrogen and oxygen atoms in total. The van der Waals surface area contributed by atoms with Crippen LogP contribution in [0.25, 0.3) is 65.4 Å². The van der Waals surface area contributed by atoms with E-state index >= 15 is 0 Å². The second-order valence-corrected chi connectivity index (χ2v) is 15.2. The van der Waals surface area contributed by atoms with Crippen LogP contribution in [-0.4, -0.2) is 0 Å². The van der Waals surface area contributed by atoms with E-state index in [1.54, 1.807) is 0 Å². The molecule has 0 aliphatic rings. The average molecular weight is 735 g/mol. The van der Waals surface area contributed by atoms with Gasteiger partial charge in [0, 0.05) is 61.2 Å². The number of rotatable bonds is 6. The van der Waals surface area contributed by atoms with Crippen LogP contribution < -0.4 is 9.80 Å². The first-order chi connectivity index (χ1) is 27.9. The highest BCUT2D eigenvalue weighted by atomic mass is 16.3. The Morgan fingerprint density at radius 3 is 1.12 bits per heavy atom. The summed E-state index contributed by atoms with van der Waals surface area (Å²) in [6, 6.07) is 63.1. The lowest BCUT2D eigenvalue weighted by Crippen LogP contribution is -2.09. The third-order valence-corrected chi connectivity index (χ3v) is 11.4. The maximum Gasteiger partial charge on any atom is 0.142 e. The highest BCUT2D eigenvalue weighted by Gasteiger charge is 2.20. The van der Waals surface area contributed by atoms with Gasteiger partial charge in [-0.3, -0.25) is 0 Å². The van der Waals surface area contributed by atoms with Crippen LogP contribution in [-0.2, 0) is 0 Å². The minimum atomic E-state index is 0.862. The van der Waals surface area contributed by atoms with Gasteiger partial charge in [0.15, 0.2) is 0 Å². The SMILES string of the molecule is Cc1ccc(N(c2ccccc2)c2ccc3cc4c(cc3c2)oc2c(C)c3oc5cc6cc(N(c7ccccc7)c7ccc(C)cc7)ccc6cc5c3cc24)cc1. The number of nitrogens with zero attached hydrogens (tertiary/aromatic N) is 2. The van der Waals surface area contributed by atoms with Crippen LogP contribution in [0.1, 0.15) is 16.7 Å². The molecule has 0 aliphatic heterocycles. The summed E-state index contributed by atoms with van der Waals surface area (Å²) in [7, 11) is 0. The molecular weight excluding hydrogens is 697 g/mol. The maximum absolute atomic E-state index is 6.71. The van der Waals surface area contributed by atoms with Crippen molar-refractivity contribution in [2.24, 2.45) is 0 Å². The monoisotopic (exact) mass is 734 g/mol. The summed E-state index contributed by atoms with van der Waals surface area (Å²) in [6.07, 6.45) is 0. The molecule has 0 fully saturated rings. The van der Waals surface area contributed by atoms with Gasteiger partial charge in [-0.25, -0.2) is 0 Å². The van der Waals surface area contributed by atoms with Gasteiger partial charge in [0.2, 0.25) is 0 Å². The zero-order valence-corrected chi connectivity index (χ0v) is 32.0. The summed E-state index contributed by atoms with van der Waals surface area (Å²) in [5.74, 6) is 0. The fraction of sp³-hybridized carbons (Fsp3) is 0.0566. The van der Waals surface area contributed by atoms with Crippen molar-refractivity contribution in [2.45, 2.75) is 20.8 Å². The van der Waals surface area contributed by atoms with Gasteiger partial charge in [-0.2, -0.15) is 0 Å². The first-order valence-corrected chi connectivity index (χ1v) is 19.5. The first-order valence-electron chi connectivity index (χ1n) is 19.5. The molecule has 272 valence electrons. The minimum absolute atomic E-state index is 0.862. The molecule has 11 aromatic rings. The van der Waals surface area contributed by atoms with Crippen LogP contribution in [0.15, 0.2) is 185 Å². The first kappa shape index (κ1) is 33.1. The normalized spacial score (nSPS) is 11.8. The van der Waals surface area contributed by atoms with E-state index in [1.807, 2.05) is 0 Å². The number of aryl methyl sites for hydroxylation is 3. The molecule has 0 radical (unpaired) electrons. The van der Waals surface area contributed by atoms with Crippen LogP contribution in [0.4, 0.5) is 34.1 Å². The molecule has 4 heteroatoms. The van der Waals surface area contributed by atoms with E-state index in [1.165, 1.54) is 11.1 Å². The summed E-state index contributed by atoms with van der Waals surface area (Å²) in [4.78, 5) is 4.61. The largest absolute Gasteiger partial charge is 0.456 e. The van der Waals surface area contributed by atoms with Gasteiger partial charge >= 0.3 is 0 Å². The van der Waals surface area contributed by atoms with Gasteiger partial charge in [-0.15, -0.1) is 0 Å². The summed E-state index contributed by atoms with van der Waals surface area (Å²) in [5, 5.41) is 8.98. The molecule has 11 rings (SSSR count). The van der Waals surface area contributed by atoms with Crippen molar-refractivity contribution in [3.8, 4) is 0 Å². The standard InChI is InChI=1S/C53H38N2O2/c1-33-14-20-42(21-15-33)54(40-10-6-4-7-11-40)44-24-18-36-28-46-48-32-49-47-29-37-19-25-45(55(41-12-8-5-9-13-41)43-22-16-34(2)17-23-43)27-39(37)31-51(47)57-53(49)35(3)52(48)56-50(46)30-38(36)26-44/h4-32H,1-3H3. The summed E-state index contributed by atoms with van der Waals surface area (Å²) in [6.45, 7) is 6.36. The zero-order valence-electron chi connectivity index (χ0n) is 32.0. The predicted octanol–water partition coefficient (Wildman–Crippen LogP) is 15.7. The molecule has 0 saturated heterocycles. The number of hydrogen-bond acceptors (Lipinski definition) is 4.